The number of nitrogens with zero attached hydrogens (tertiary/aromatic N) is 2. The summed E-state index contributed by atoms with van der Waals surface area (Å²) in [5, 5.41) is 0. The Morgan fingerprint density at radius 3 is 2.48 bits per heavy atom. The van der Waals surface area contributed by atoms with Crippen molar-refractivity contribution in [2.75, 3.05) is 24.6 Å². The van der Waals surface area contributed by atoms with Crippen molar-refractivity contribution >= 4 is 11.8 Å². The summed E-state index contributed by atoms with van der Waals surface area (Å²) in [7, 11) is 0. The highest BCUT2D eigenvalue weighted by atomic mass is 32.2. The van der Waals surface area contributed by atoms with Crippen LogP contribution in [-0.2, 0) is 0 Å². The summed E-state index contributed by atoms with van der Waals surface area (Å²) in [5.74, 6) is 3.23. The van der Waals surface area contributed by atoms with E-state index < -0.39 is 6.43 Å². The first-order chi connectivity index (χ1) is 11.2. The number of rotatable bonds is 3. The minimum Gasteiger partial charge on any atom is -0.300 e. The van der Waals surface area contributed by atoms with E-state index in [9.17, 15) is 8.78 Å². The second kappa shape index (κ2) is 6.32. The summed E-state index contributed by atoms with van der Waals surface area (Å²) in [6, 6.07) is 4.09. The predicted molar refractivity (Wildman–Crippen MR) is 90.1 cm³/mol. The van der Waals surface area contributed by atoms with Crippen LogP contribution in [0.15, 0.2) is 18.3 Å². The van der Waals surface area contributed by atoms with E-state index in [1.165, 1.54) is 62.8 Å². The van der Waals surface area contributed by atoms with Crippen molar-refractivity contribution in [1.82, 2.24) is 9.88 Å². The molecule has 126 valence electrons. The lowest BCUT2D eigenvalue weighted by atomic mass is 9.81. The van der Waals surface area contributed by atoms with Crippen molar-refractivity contribution in [3.63, 3.8) is 0 Å². The molecule has 2 saturated heterocycles. The zero-order valence-electron chi connectivity index (χ0n) is 13.4. The van der Waals surface area contributed by atoms with Gasteiger partial charge in [-0.2, -0.15) is 11.8 Å². The Hall–Kier alpha value is -0.680. The third-order valence-electron chi connectivity index (χ3n) is 6.00. The van der Waals surface area contributed by atoms with E-state index in [0.717, 1.165) is 11.6 Å². The molecule has 1 spiro atoms. The van der Waals surface area contributed by atoms with Gasteiger partial charge in [0.05, 0.1) is 0 Å². The van der Waals surface area contributed by atoms with Gasteiger partial charge in [-0.25, -0.2) is 8.78 Å². The Balaban J connectivity index is 1.32. The highest BCUT2D eigenvalue weighted by molar-refractivity contribution is 8.00. The largest absolute Gasteiger partial charge is 0.300 e. The van der Waals surface area contributed by atoms with Crippen LogP contribution in [0.4, 0.5) is 8.78 Å². The molecule has 2 aliphatic heterocycles. The fourth-order valence-corrected chi connectivity index (χ4v) is 5.72. The molecule has 1 saturated carbocycles. The first-order valence-electron chi connectivity index (χ1n) is 8.71. The van der Waals surface area contributed by atoms with Gasteiger partial charge in [-0.3, -0.25) is 9.88 Å². The molecule has 5 heteroatoms. The van der Waals surface area contributed by atoms with Crippen molar-refractivity contribution < 1.29 is 8.78 Å². The zero-order chi connectivity index (χ0) is 15.9. The Kier molecular flexibility index (Phi) is 4.35. The average Bonchev–Trinajstić information content (AvgIpc) is 3.01. The van der Waals surface area contributed by atoms with E-state index in [-0.39, 0.29) is 5.69 Å². The Morgan fingerprint density at radius 2 is 1.96 bits per heavy atom. The zero-order valence-corrected chi connectivity index (χ0v) is 14.2. The Morgan fingerprint density at radius 1 is 1.17 bits per heavy atom. The molecular formula is C18H24F2N2S. The van der Waals surface area contributed by atoms with Crippen molar-refractivity contribution in [1.29, 1.82) is 0 Å². The van der Waals surface area contributed by atoms with Crippen LogP contribution >= 0.6 is 11.8 Å². The van der Waals surface area contributed by atoms with Gasteiger partial charge in [0.25, 0.3) is 6.43 Å². The molecule has 1 aliphatic carbocycles. The lowest BCUT2D eigenvalue weighted by Crippen LogP contribution is -2.42. The molecule has 1 aromatic heterocycles. The van der Waals surface area contributed by atoms with Crippen LogP contribution in [0.25, 0.3) is 0 Å². The maximum Gasteiger partial charge on any atom is 0.280 e. The van der Waals surface area contributed by atoms with Gasteiger partial charge in [-0.05, 0) is 56.2 Å². The molecule has 1 aromatic rings. The van der Waals surface area contributed by atoms with Crippen LogP contribution < -0.4 is 0 Å². The molecule has 0 aromatic carbocycles. The van der Waals surface area contributed by atoms with Gasteiger partial charge < -0.3 is 0 Å². The standard InChI is InChI=1S/C18H24F2N2S/c19-17(20)16-6-3-14(9-21-16)13-1-4-15(5-2-13)22-8-7-18(10-22)11-23-12-18/h3,6,9,13,15,17H,1-2,4-5,7-8,10-12H2. The number of likely N-dealkylation sites (tertiary alicyclic amines) is 1. The fraction of sp³-hybridized carbons (Fsp3) is 0.722. The smallest absolute Gasteiger partial charge is 0.280 e. The average molecular weight is 338 g/mol. The molecule has 0 bridgehead atoms. The number of aromatic nitrogens is 1. The van der Waals surface area contributed by atoms with Crippen molar-refractivity contribution in [3.05, 3.63) is 29.6 Å². The molecule has 0 atom stereocenters. The van der Waals surface area contributed by atoms with Crippen molar-refractivity contribution in [3.8, 4) is 0 Å². The van der Waals surface area contributed by atoms with Gasteiger partial charge >= 0.3 is 0 Å². The molecular weight excluding hydrogens is 314 g/mol. The lowest BCUT2D eigenvalue weighted by molar-refractivity contribution is 0.146. The summed E-state index contributed by atoms with van der Waals surface area (Å²) in [6.07, 6.45) is 5.40. The van der Waals surface area contributed by atoms with E-state index in [1.54, 1.807) is 6.20 Å². The third-order valence-corrected chi connectivity index (χ3v) is 7.63. The summed E-state index contributed by atoms with van der Waals surface area (Å²) >= 11 is 2.10. The highest BCUT2D eigenvalue weighted by Gasteiger charge is 2.45. The SMILES string of the molecule is FC(F)c1ccc(C2CCC(N3CCC4(CSC4)C3)CC2)cn1. The second-order valence-electron chi connectivity index (χ2n) is 7.54. The molecule has 2 nitrogen and oxygen atoms in total. The summed E-state index contributed by atoms with van der Waals surface area (Å²) in [5.41, 5.74) is 1.68. The lowest BCUT2D eigenvalue weighted by Gasteiger charge is -2.40. The number of pyridine rings is 1. The summed E-state index contributed by atoms with van der Waals surface area (Å²) < 4.78 is 25.2. The second-order valence-corrected chi connectivity index (χ2v) is 8.52. The molecule has 3 heterocycles. The molecule has 4 rings (SSSR count). The maximum absolute atomic E-state index is 12.6. The van der Waals surface area contributed by atoms with Crippen LogP contribution in [0.2, 0.25) is 0 Å². The number of thioether (sulfide) groups is 1. The van der Waals surface area contributed by atoms with Gasteiger partial charge in [0.15, 0.2) is 0 Å². The van der Waals surface area contributed by atoms with Crippen LogP contribution in [0.5, 0.6) is 0 Å². The minimum absolute atomic E-state index is 0.108. The molecule has 3 fully saturated rings. The van der Waals surface area contributed by atoms with Gasteiger partial charge in [0.1, 0.15) is 5.69 Å². The number of alkyl halides is 2. The Bertz CT molecular complexity index is 536. The number of hydrogen-bond acceptors (Lipinski definition) is 3. The van der Waals surface area contributed by atoms with Crippen molar-refractivity contribution in [2.45, 2.75) is 50.5 Å². The molecule has 0 unspecified atom stereocenters. The first-order valence-corrected chi connectivity index (χ1v) is 9.86. The topological polar surface area (TPSA) is 16.1 Å². The predicted octanol–water partition coefficient (Wildman–Crippen LogP) is 4.48. The van der Waals surface area contributed by atoms with Crippen LogP contribution in [0, 0.1) is 5.41 Å². The van der Waals surface area contributed by atoms with Crippen LogP contribution in [-0.4, -0.2) is 40.5 Å². The van der Waals surface area contributed by atoms with E-state index in [1.807, 2.05) is 6.07 Å². The van der Waals surface area contributed by atoms with Gasteiger partial charge in [-0.15, -0.1) is 0 Å². The van der Waals surface area contributed by atoms with E-state index in [0.29, 0.717) is 11.3 Å². The minimum atomic E-state index is -2.47. The van der Waals surface area contributed by atoms with Gasteiger partial charge in [0, 0.05) is 35.7 Å². The molecule has 0 amide bonds. The van der Waals surface area contributed by atoms with Crippen molar-refractivity contribution in [2.24, 2.45) is 5.41 Å². The molecule has 0 N–H and O–H groups in total. The van der Waals surface area contributed by atoms with E-state index >= 15 is 0 Å². The number of halogens is 2. The van der Waals surface area contributed by atoms with E-state index in [2.05, 4.69) is 21.6 Å². The van der Waals surface area contributed by atoms with Gasteiger partial charge in [-0.1, -0.05) is 6.07 Å². The van der Waals surface area contributed by atoms with Gasteiger partial charge in [0.2, 0.25) is 0 Å². The normalized spacial score (nSPS) is 30.7. The quantitative estimate of drug-likeness (QED) is 0.808. The maximum atomic E-state index is 12.6. The summed E-state index contributed by atoms with van der Waals surface area (Å²) in [6.45, 7) is 2.58. The third kappa shape index (κ3) is 3.14. The number of hydrogen-bond donors (Lipinski definition) is 0. The van der Waals surface area contributed by atoms with Crippen LogP contribution in [0.3, 0.4) is 0 Å². The monoisotopic (exact) mass is 338 g/mol. The molecule has 0 radical (unpaired) electrons. The molecule has 23 heavy (non-hydrogen) atoms. The first kappa shape index (κ1) is 15.8. The molecule has 3 aliphatic rings. The van der Waals surface area contributed by atoms with Crippen LogP contribution in [0.1, 0.15) is 55.7 Å². The Labute approximate surface area is 141 Å². The fourth-order valence-electron chi connectivity index (χ4n) is 4.47. The summed E-state index contributed by atoms with van der Waals surface area (Å²) in [4.78, 5) is 6.66. The van der Waals surface area contributed by atoms with E-state index in [4.69, 9.17) is 0 Å². The highest BCUT2D eigenvalue weighted by Crippen LogP contribution is 2.47.